The molecule has 0 bridgehead atoms. The molecule has 194 valence electrons. The zero-order valence-corrected chi connectivity index (χ0v) is 22.0. The predicted molar refractivity (Wildman–Crippen MR) is 140 cm³/mol. The van der Waals surface area contributed by atoms with Crippen LogP contribution >= 0.6 is 23.2 Å². The molecule has 0 saturated carbocycles. The van der Waals surface area contributed by atoms with Crippen molar-refractivity contribution in [3.05, 3.63) is 93.0 Å². The molecule has 0 unspecified atom stereocenters. The third-order valence-electron chi connectivity index (χ3n) is 6.30. The van der Waals surface area contributed by atoms with Crippen LogP contribution in [0.2, 0.25) is 10.0 Å². The highest BCUT2D eigenvalue weighted by atomic mass is 35.5. The number of nitrogens with one attached hydrogen (secondary N) is 1. The fourth-order valence-corrected chi connectivity index (χ4v) is 4.76. The number of aromatic nitrogens is 3. The summed E-state index contributed by atoms with van der Waals surface area (Å²) < 4.78 is 29.7. The van der Waals surface area contributed by atoms with E-state index in [1.54, 1.807) is 35.0 Å². The van der Waals surface area contributed by atoms with E-state index in [2.05, 4.69) is 29.5 Å². The molecule has 2 N–H and O–H groups in total. The van der Waals surface area contributed by atoms with E-state index in [4.69, 9.17) is 23.2 Å². The van der Waals surface area contributed by atoms with Gasteiger partial charge in [-0.1, -0.05) is 72.6 Å². The van der Waals surface area contributed by atoms with Gasteiger partial charge in [-0.2, -0.15) is 8.78 Å². The monoisotopic (exact) mass is 546 g/mol. The molecule has 0 aliphatic rings. The van der Waals surface area contributed by atoms with Crippen molar-refractivity contribution < 1.29 is 18.7 Å². The summed E-state index contributed by atoms with van der Waals surface area (Å²) in [5.41, 5.74) is 2.66. The Hall–Kier alpha value is -3.07. The van der Waals surface area contributed by atoms with Gasteiger partial charge in [0.15, 0.2) is 0 Å². The first-order valence-corrected chi connectivity index (χ1v) is 12.4. The predicted octanol–water partition coefficient (Wildman–Crippen LogP) is 6.12. The van der Waals surface area contributed by atoms with E-state index < -0.39 is 12.0 Å². The van der Waals surface area contributed by atoms with Crippen molar-refractivity contribution in [3.8, 4) is 0 Å². The van der Waals surface area contributed by atoms with Crippen LogP contribution in [0.15, 0.2) is 60.7 Å². The summed E-state index contributed by atoms with van der Waals surface area (Å²) in [6.45, 7) is 5.80. The van der Waals surface area contributed by atoms with Crippen LogP contribution in [0.5, 0.6) is 0 Å². The Morgan fingerprint density at radius 2 is 1.78 bits per heavy atom. The molecule has 1 aromatic heterocycles. The van der Waals surface area contributed by atoms with Crippen LogP contribution in [-0.2, 0) is 24.4 Å². The number of aliphatic hydroxyl groups is 1. The highest BCUT2D eigenvalue weighted by molar-refractivity contribution is 6.35. The average molecular weight is 547 g/mol. The van der Waals surface area contributed by atoms with Gasteiger partial charge in [-0.05, 0) is 48.4 Å². The molecule has 1 heterocycles. The molecular weight excluding hydrogens is 521 g/mol. The molecule has 4 rings (SSSR count). The van der Waals surface area contributed by atoms with Crippen molar-refractivity contribution in [3.63, 3.8) is 0 Å². The van der Waals surface area contributed by atoms with Crippen molar-refractivity contribution in [1.82, 2.24) is 20.3 Å². The fourth-order valence-electron chi connectivity index (χ4n) is 4.10. The maximum absolute atomic E-state index is 13.9. The number of hydrogen-bond donors (Lipinski definition) is 2. The minimum Gasteiger partial charge on any atom is -0.387 e. The lowest BCUT2D eigenvalue weighted by Crippen LogP contribution is -2.28. The molecular formula is C27H26Cl2F2N4O2. The molecule has 37 heavy (non-hydrogen) atoms. The number of hydrogen-bond acceptors (Lipinski definition) is 4. The van der Waals surface area contributed by atoms with Crippen LogP contribution in [0.1, 0.15) is 47.8 Å². The number of halogens is 4. The quantitative estimate of drug-likeness (QED) is 0.279. The molecule has 0 aliphatic carbocycles. The standard InChI is InChI=1S/C27H26Cl2F2N4O2/c1-16(36)27(30,31)19-7-4-17(5-8-19)14-32-25(37)18-6-11-24-23(12-18)33-34-35(24)15-26(2,3)21-10-9-20(28)13-22(21)29/h4-13,16,36H,14-15H2,1-3H3,(H,32,37)/t16-/m0/s1. The number of carbonyl (C=O) groups is 1. The summed E-state index contributed by atoms with van der Waals surface area (Å²) in [6.07, 6.45) is -1.80. The molecule has 4 aromatic rings. The second-order valence-corrected chi connectivity index (χ2v) is 10.5. The molecule has 1 amide bonds. The largest absolute Gasteiger partial charge is 0.387 e. The lowest BCUT2D eigenvalue weighted by Gasteiger charge is -2.26. The van der Waals surface area contributed by atoms with Crippen LogP contribution in [0, 0.1) is 0 Å². The van der Waals surface area contributed by atoms with Gasteiger partial charge in [0.25, 0.3) is 11.8 Å². The third-order valence-corrected chi connectivity index (χ3v) is 6.85. The second kappa shape index (κ2) is 10.4. The van der Waals surface area contributed by atoms with E-state index in [0.29, 0.717) is 33.2 Å². The first kappa shape index (κ1) is 27.0. The Morgan fingerprint density at radius 3 is 2.43 bits per heavy atom. The van der Waals surface area contributed by atoms with Crippen molar-refractivity contribution in [2.24, 2.45) is 0 Å². The molecule has 0 spiro atoms. The van der Waals surface area contributed by atoms with Gasteiger partial charge >= 0.3 is 0 Å². The molecule has 0 fully saturated rings. The zero-order chi connectivity index (χ0) is 27.0. The van der Waals surface area contributed by atoms with Crippen molar-refractivity contribution in [2.75, 3.05) is 0 Å². The van der Waals surface area contributed by atoms with Crippen LogP contribution in [0.3, 0.4) is 0 Å². The summed E-state index contributed by atoms with van der Waals surface area (Å²) in [5, 5.41) is 21.7. The number of fused-ring (bicyclic) bond motifs is 1. The highest BCUT2D eigenvalue weighted by Gasteiger charge is 2.37. The molecule has 3 aromatic carbocycles. The number of alkyl halides is 2. The molecule has 0 aliphatic heterocycles. The Morgan fingerprint density at radius 1 is 1.08 bits per heavy atom. The minimum atomic E-state index is -3.34. The zero-order valence-electron chi connectivity index (χ0n) is 20.5. The third kappa shape index (κ3) is 5.76. The van der Waals surface area contributed by atoms with Gasteiger partial charge in [-0.15, -0.1) is 5.10 Å². The van der Waals surface area contributed by atoms with Gasteiger partial charge < -0.3 is 10.4 Å². The summed E-state index contributed by atoms with van der Waals surface area (Å²) in [4.78, 5) is 12.7. The van der Waals surface area contributed by atoms with E-state index >= 15 is 0 Å². The van der Waals surface area contributed by atoms with Crippen molar-refractivity contribution in [1.29, 1.82) is 0 Å². The first-order valence-electron chi connectivity index (χ1n) is 11.6. The maximum Gasteiger partial charge on any atom is 0.298 e. The van der Waals surface area contributed by atoms with Gasteiger partial charge in [0.1, 0.15) is 11.6 Å². The summed E-state index contributed by atoms with van der Waals surface area (Å²) in [6, 6.07) is 16.0. The smallest absolute Gasteiger partial charge is 0.298 e. The highest BCUT2D eigenvalue weighted by Crippen LogP contribution is 2.34. The molecule has 10 heteroatoms. The van der Waals surface area contributed by atoms with Gasteiger partial charge in [0.05, 0.1) is 12.1 Å². The molecule has 6 nitrogen and oxygen atoms in total. The van der Waals surface area contributed by atoms with Gasteiger partial charge in [0, 0.05) is 33.1 Å². The Labute approximate surface area is 223 Å². The Kier molecular flexibility index (Phi) is 7.55. The number of benzene rings is 3. The number of aliphatic hydroxyl groups excluding tert-OH is 1. The van der Waals surface area contributed by atoms with E-state index in [1.807, 2.05) is 6.07 Å². The maximum atomic E-state index is 13.9. The lowest BCUT2D eigenvalue weighted by molar-refractivity contribution is -0.106. The number of nitrogens with zero attached hydrogens (tertiary/aromatic N) is 3. The van der Waals surface area contributed by atoms with E-state index in [0.717, 1.165) is 18.0 Å². The van der Waals surface area contributed by atoms with E-state index in [9.17, 15) is 18.7 Å². The van der Waals surface area contributed by atoms with E-state index in [1.165, 1.54) is 24.3 Å². The fraction of sp³-hybridized carbons (Fsp3) is 0.296. The van der Waals surface area contributed by atoms with Crippen LogP contribution in [0.4, 0.5) is 8.78 Å². The van der Waals surface area contributed by atoms with Gasteiger partial charge in [-0.3, -0.25) is 4.79 Å². The summed E-state index contributed by atoms with van der Waals surface area (Å²) >= 11 is 12.5. The number of carbonyl (C=O) groups excluding carboxylic acids is 1. The molecule has 0 radical (unpaired) electrons. The number of rotatable bonds is 8. The average Bonchev–Trinajstić information content (AvgIpc) is 3.23. The normalized spacial score (nSPS) is 13.1. The molecule has 1 atom stereocenters. The summed E-state index contributed by atoms with van der Waals surface area (Å²) in [5.74, 6) is -3.67. The van der Waals surface area contributed by atoms with Gasteiger partial charge in [0.2, 0.25) is 0 Å². The minimum absolute atomic E-state index is 0.153. The Bertz CT molecular complexity index is 1440. The number of amides is 1. The van der Waals surface area contributed by atoms with Crippen LogP contribution < -0.4 is 5.32 Å². The SMILES string of the molecule is C[C@H](O)C(F)(F)c1ccc(CNC(=O)c2ccc3c(c2)nnn3CC(C)(C)c2ccc(Cl)cc2Cl)cc1. The topological polar surface area (TPSA) is 80.0 Å². The Balaban J connectivity index is 1.45. The molecule has 0 saturated heterocycles. The second-order valence-electron chi connectivity index (χ2n) is 9.64. The first-order chi connectivity index (χ1) is 17.4. The van der Waals surface area contributed by atoms with Crippen LogP contribution in [-0.4, -0.2) is 32.1 Å². The van der Waals surface area contributed by atoms with Crippen molar-refractivity contribution >= 4 is 40.1 Å². The van der Waals surface area contributed by atoms with Crippen molar-refractivity contribution in [2.45, 2.75) is 51.3 Å². The van der Waals surface area contributed by atoms with Gasteiger partial charge in [-0.25, -0.2) is 4.68 Å². The van der Waals surface area contributed by atoms with Crippen LogP contribution in [0.25, 0.3) is 11.0 Å². The summed E-state index contributed by atoms with van der Waals surface area (Å²) in [7, 11) is 0. The lowest BCUT2D eigenvalue weighted by atomic mass is 9.84. The van der Waals surface area contributed by atoms with E-state index in [-0.39, 0.29) is 23.4 Å².